The number of hydrogen-bond donors (Lipinski definition) is 0. The first kappa shape index (κ1) is 29.0. The number of halogens is 3. The normalized spacial score (nSPS) is 11.6. The van der Waals surface area contributed by atoms with Crippen molar-refractivity contribution in [2.24, 2.45) is 0 Å². The fourth-order valence-electron chi connectivity index (χ4n) is 3.46. The third-order valence-electron chi connectivity index (χ3n) is 5.23. The van der Waals surface area contributed by atoms with E-state index < -0.39 is 6.68 Å². The molecule has 0 aliphatic heterocycles. The highest BCUT2D eigenvalue weighted by Gasteiger charge is 2.13. The second-order valence-electron chi connectivity index (χ2n) is 8.58. The van der Waals surface area contributed by atoms with Crippen LogP contribution in [0.5, 0.6) is 0 Å². The molecule has 0 rings (SSSR count). The summed E-state index contributed by atoms with van der Waals surface area (Å²) < 4.78 is 30.2. The van der Waals surface area contributed by atoms with Gasteiger partial charge in [0.05, 0.1) is 27.2 Å². The summed E-state index contributed by atoms with van der Waals surface area (Å²) in [6.45, 7) is 3.69. The van der Waals surface area contributed by atoms with Gasteiger partial charge in [-0.05, 0) is 25.7 Å². The lowest BCUT2D eigenvalue weighted by Gasteiger charge is -2.30. The largest absolute Gasteiger partial charge is 0.379 e. The predicted molar refractivity (Wildman–Crippen MR) is 114 cm³/mol. The van der Waals surface area contributed by atoms with Gasteiger partial charge in [-0.2, -0.15) is 13.2 Å². The van der Waals surface area contributed by atoms with Gasteiger partial charge in [-0.15, -0.1) is 0 Å². The van der Waals surface area contributed by atoms with Crippen molar-refractivity contribution in [3.8, 4) is 0 Å². The zero-order valence-electron chi connectivity index (χ0n) is 18.9. The first-order chi connectivity index (χ1) is 12.9. The molecule has 27 heavy (non-hydrogen) atoms. The third kappa shape index (κ3) is 30.7. The molecule has 4 heteroatoms. The first-order valence-electron chi connectivity index (χ1n) is 11.6. The van der Waals surface area contributed by atoms with Crippen LogP contribution in [0.4, 0.5) is 13.2 Å². The Labute approximate surface area is 168 Å². The van der Waals surface area contributed by atoms with Crippen LogP contribution in [0.1, 0.15) is 117 Å². The Kier molecular flexibility index (Phi) is 23.6. The summed E-state index contributed by atoms with van der Waals surface area (Å²) in [5.41, 5.74) is 0. The molecule has 0 aromatic rings. The van der Waals surface area contributed by atoms with E-state index in [0.29, 0.717) is 0 Å². The summed E-state index contributed by atoms with van der Waals surface area (Å²) >= 11 is 0. The lowest BCUT2D eigenvalue weighted by atomic mass is 10.1. The molecule has 0 fully saturated rings. The average molecular weight is 397 g/mol. The van der Waals surface area contributed by atoms with E-state index in [1.165, 1.54) is 120 Å². The van der Waals surface area contributed by atoms with Gasteiger partial charge >= 0.3 is 6.68 Å². The second-order valence-corrected chi connectivity index (χ2v) is 8.58. The molecule has 166 valence electrons. The average Bonchev–Trinajstić information content (AvgIpc) is 2.59. The second kappa shape index (κ2) is 22.0. The monoisotopic (exact) mass is 396 g/mol. The molecule has 1 nitrogen and oxygen atoms in total. The molecule has 0 aromatic heterocycles. The Morgan fingerprint density at radius 3 is 0.963 bits per heavy atom. The van der Waals surface area contributed by atoms with Crippen LogP contribution in [0.15, 0.2) is 0 Å². The minimum Gasteiger partial charge on any atom is -0.328 e. The van der Waals surface area contributed by atoms with Gasteiger partial charge in [0.25, 0.3) is 0 Å². The molecule has 0 atom stereocenters. The maximum Gasteiger partial charge on any atom is 0.379 e. The summed E-state index contributed by atoms with van der Waals surface area (Å²) in [6, 6.07) is 0. The summed E-state index contributed by atoms with van der Waals surface area (Å²) in [6.07, 6.45) is 23.0. The molecule has 0 spiro atoms. The van der Waals surface area contributed by atoms with Crippen LogP contribution in [-0.2, 0) is 0 Å². The van der Waals surface area contributed by atoms with E-state index in [1.54, 1.807) is 0 Å². The van der Waals surface area contributed by atoms with E-state index >= 15 is 0 Å². The highest BCUT2D eigenvalue weighted by molar-refractivity contribution is 4.48. The first-order valence-corrected chi connectivity index (χ1v) is 11.6. The molecule has 0 aliphatic rings. The Hall–Kier alpha value is -0.250. The molecule has 0 N–H and O–H groups in total. The zero-order valence-corrected chi connectivity index (χ0v) is 18.9. The van der Waals surface area contributed by atoms with Crippen LogP contribution in [0.2, 0.25) is 0 Å². The van der Waals surface area contributed by atoms with Crippen molar-refractivity contribution in [1.82, 2.24) is 0 Å². The number of nitrogens with zero attached hydrogens (tertiary/aromatic N) is 1. The molecule has 0 aromatic carbocycles. The van der Waals surface area contributed by atoms with Crippen molar-refractivity contribution in [2.75, 3.05) is 27.2 Å². The van der Waals surface area contributed by atoms with Gasteiger partial charge in [-0.25, -0.2) is 0 Å². The molecule has 0 unspecified atom stereocenters. The molecular weight excluding hydrogens is 347 g/mol. The van der Waals surface area contributed by atoms with Crippen LogP contribution in [-0.4, -0.2) is 38.3 Å². The van der Waals surface area contributed by atoms with Crippen LogP contribution in [0.25, 0.3) is 0 Å². The Balaban J connectivity index is 0. The van der Waals surface area contributed by atoms with Crippen molar-refractivity contribution in [3.05, 3.63) is 0 Å². The Morgan fingerprint density at radius 1 is 0.481 bits per heavy atom. The quantitative estimate of drug-likeness (QED) is 0.161. The van der Waals surface area contributed by atoms with Crippen LogP contribution in [0, 0.1) is 0 Å². The molecule has 0 radical (unpaired) electrons. The van der Waals surface area contributed by atoms with Gasteiger partial charge in [0.15, 0.2) is 0 Å². The van der Waals surface area contributed by atoms with Gasteiger partial charge in [-0.3, -0.25) is 0 Å². The van der Waals surface area contributed by atoms with Crippen LogP contribution >= 0.6 is 0 Å². The SMILES string of the molecule is CCCCCCCCCC[N+](C)(C)CCCCCCCCCC.FC(F)F. The van der Waals surface area contributed by atoms with Gasteiger partial charge in [0.1, 0.15) is 0 Å². The minimum atomic E-state index is -3.67. The van der Waals surface area contributed by atoms with Gasteiger partial charge in [0, 0.05) is 0 Å². The van der Waals surface area contributed by atoms with E-state index in [-0.39, 0.29) is 0 Å². The van der Waals surface area contributed by atoms with E-state index in [4.69, 9.17) is 0 Å². The van der Waals surface area contributed by atoms with Crippen molar-refractivity contribution < 1.29 is 17.7 Å². The lowest BCUT2D eigenvalue weighted by molar-refractivity contribution is -0.890. The number of quaternary nitrogens is 1. The molecule has 0 saturated carbocycles. The summed E-state index contributed by atoms with van der Waals surface area (Å²) in [7, 11) is 4.87. The fraction of sp³-hybridized carbons (Fsp3) is 1.00. The highest BCUT2D eigenvalue weighted by atomic mass is 19.4. The molecule has 0 aliphatic carbocycles. The zero-order chi connectivity index (χ0) is 20.8. The van der Waals surface area contributed by atoms with Gasteiger partial charge in [-0.1, -0.05) is 90.9 Å². The predicted octanol–water partition coefficient (Wildman–Crippen LogP) is 8.52. The molecule has 0 saturated heterocycles. The van der Waals surface area contributed by atoms with Gasteiger partial charge in [0.2, 0.25) is 0 Å². The number of alkyl halides is 3. The van der Waals surface area contributed by atoms with Crippen LogP contribution < -0.4 is 0 Å². The molecule has 0 heterocycles. The Morgan fingerprint density at radius 2 is 0.704 bits per heavy atom. The van der Waals surface area contributed by atoms with Crippen molar-refractivity contribution in [1.29, 1.82) is 0 Å². The Bertz CT molecular complexity index is 246. The smallest absolute Gasteiger partial charge is 0.328 e. The summed E-state index contributed by atoms with van der Waals surface area (Å²) in [5, 5.41) is 0. The fourth-order valence-corrected chi connectivity index (χ4v) is 3.46. The topological polar surface area (TPSA) is 0 Å². The molecular formula is C23H49F3N+. The lowest BCUT2D eigenvalue weighted by Crippen LogP contribution is -2.41. The number of rotatable bonds is 18. The maximum atomic E-state index is 9.67. The summed E-state index contributed by atoms with van der Waals surface area (Å²) in [4.78, 5) is 0. The standard InChI is InChI=1S/C22H48N.CHF3/c1-5-7-9-11-13-15-17-19-21-23(3,4)22-20-18-16-14-12-10-8-6-2;2-1(3)4/h5-22H2,1-4H3;1H/q+1;. The van der Waals surface area contributed by atoms with E-state index in [9.17, 15) is 13.2 Å². The summed E-state index contributed by atoms with van der Waals surface area (Å²) in [5.74, 6) is 0. The number of unbranched alkanes of at least 4 members (excludes halogenated alkanes) is 14. The highest BCUT2D eigenvalue weighted by Crippen LogP contribution is 2.13. The molecule has 0 amide bonds. The van der Waals surface area contributed by atoms with Crippen LogP contribution in [0.3, 0.4) is 0 Å². The van der Waals surface area contributed by atoms with E-state index in [1.807, 2.05) is 0 Å². The maximum absolute atomic E-state index is 9.67. The molecule has 0 bridgehead atoms. The van der Waals surface area contributed by atoms with Crippen molar-refractivity contribution >= 4 is 0 Å². The van der Waals surface area contributed by atoms with Crippen molar-refractivity contribution in [3.63, 3.8) is 0 Å². The number of hydrogen-bond acceptors (Lipinski definition) is 0. The van der Waals surface area contributed by atoms with Gasteiger partial charge < -0.3 is 4.48 Å². The van der Waals surface area contributed by atoms with E-state index in [2.05, 4.69) is 27.9 Å². The third-order valence-corrected chi connectivity index (χ3v) is 5.23. The van der Waals surface area contributed by atoms with Crippen molar-refractivity contribution in [2.45, 2.75) is 123 Å². The minimum absolute atomic E-state index is 1.24. The van der Waals surface area contributed by atoms with E-state index in [0.717, 1.165) is 0 Å².